The summed E-state index contributed by atoms with van der Waals surface area (Å²) in [6, 6.07) is 13.3. The molecule has 3 aromatic rings. The lowest BCUT2D eigenvalue weighted by Crippen LogP contribution is -2.53. The summed E-state index contributed by atoms with van der Waals surface area (Å²) in [5, 5.41) is 5.30. The number of carbonyl (C=O) groups excluding carboxylic acids is 1. The molecule has 0 bridgehead atoms. The average Bonchev–Trinajstić information content (AvgIpc) is 3.28. The van der Waals surface area contributed by atoms with Gasteiger partial charge in [0.2, 0.25) is 5.91 Å². The van der Waals surface area contributed by atoms with Crippen LogP contribution in [-0.4, -0.2) is 52.5 Å². The molecule has 1 fully saturated rings. The molecule has 0 aliphatic carbocycles. The largest absolute Gasteiger partial charge is 0.368 e. The topological polar surface area (TPSA) is 53.7 Å². The van der Waals surface area contributed by atoms with Crippen molar-refractivity contribution in [3.8, 4) is 0 Å². The van der Waals surface area contributed by atoms with Gasteiger partial charge in [-0.2, -0.15) is 5.10 Å². The third-order valence-corrected chi connectivity index (χ3v) is 7.15. The highest BCUT2D eigenvalue weighted by Crippen LogP contribution is 2.41. The summed E-state index contributed by atoms with van der Waals surface area (Å²) < 4.78 is 15.0. The molecule has 0 spiro atoms. The number of halogens is 3. The van der Waals surface area contributed by atoms with E-state index in [1.54, 1.807) is 29.1 Å². The van der Waals surface area contributed by atoms with Crippen molar-refractivity contribution in [2.45, 2.75) is 13.0 Å². The monoisotopic (exact) mass is 485 g/mol. The number of anilines is 1. The number of amides is 1. The number of carbonyl (C=O) groups is 1. The smallest absolute Gasteiger partial charge is 0.234 e. The van der Waals surface area contributed by atoms with Crippen molar-refractivity contribution in [2.75, 3.05) is 31.1 Å². The van der Waals surface area contributed by atoms with Gasteiger partial charge in [0.05, 0.1) is 22.3 Å². The van der Waals surface area contributed by atoms with E-state index in [1.807, 2.05) is 30.0 Å². The summed E-state index contributed by atoms with van der Waals surface area (Å²) in [5.74, 6) is -0.148. The molecule has 2 aromatic carbocycles. The number of piperazine rings is 1. The van der Waals surface area contributed by atoms with Gasteiger partial charge in [-0.05, 0) is 42.8 Å². The fourth-order valence-electron chi connectivity index (χ4n) is 4.64. The van der Waals surface area contributed by atoms with Crippen molar-refractivity contribution in [3.05, 3.63) is 76.2 Å². The number of rotatable bonds is 3. The SMILES string of the molecule is CC1=Nc2ccnn2[C@H](c2cccc(Cl)c2Cl)C1C(=O)N1CCN(c2ccc(F)cc2)CC1. The van der Waals surface area contributed by atoms with Crippen molar-refractivity contribution in [3.63, 3.8) is 0 Å². The van der Waals surface area contributed by atoms with E-state index >= 15 is 0 Å². The maximum absolute atomic E-state index is 13.8. The molecule has 1 aromatic heterocycles. The van der Waals surface area contributed by atoms with E-state index in [2.05, 4.69) is 15.0 Å². The van der Waals surface area contributed by atoms with Crippen LogP contribution in [0, 0.1) is 11.7 Å². The minimum absolute atomic E-state index is 0.0165. The van der Waals surface area contributed by atoms with Crippen molar-refractivity contribution in [1.82, 2.24) is 14.7 Å². The van der Waals surface area contributed by atoms with Crippen LogP contribution in [0.1, 0.15) is 18.5 Å². The first-order valence-electron chi connectivity index (χ1n) is 10.8. The summed E-state index contributed by atoms with van der Waals surface area (Å²) in [4.78, 5) is 22.5. The van der Waals surface area contributed by atoms with Gasteiger partial charge in [0.1, 0.15) is 11.7 Å². The third-order valence-electron chi connectivity index (χ3n) is 6.32. The first kappa shape index (κ1) is 21.9. The maximum atomic E-state index is 13.8. The average molecular weight is 486 g/mol. The number of fused-ring (bicyclic) bond motifs is 1. The molecule has 0 radical (unpaired) electrons. The van der Waals surface area contributed by atoms with Crippen LogP contribution < -0.4 is 4.90 Å². The number of nitrogens with zero attached hydrogens (tertiary/aromatic N) is 5. The Kier molecular flexibility index (Phi) is 5.85. The molecule has 1 amide bonds. The summed E-state index contributed by atoms with van der Waals surface area (Å²) in [5.41, 5.74) is 2.41. The lowest BCUT2D eigenvalue weighted by atomic mass is 9.86. The van der Waals surface area contributed by atoms with Gasteiger partial charge < -0.3 is 9.80 Å². The second kappa shape index (κ2) is 8.80. The minimum atomic E-state index is -0.550. The molecule has 2 atom stereocenters. The molecule has 1 saturated heterocycles. The highest BCUT2D eigenvalue weighted by molar-refractivity contribution is 6.42. The fourth-order valence-corrected chi connectivity index (χ4v) is 5.06. The maximum Gasteiger partial charge on any atom is 0.234 e. The first-order chi connectivity index (χ1) is 15.9. The number of aliphatic imine (C=N–C) groups is 1. The van der Waals surface area contributed by atoms with Crippen LogP contribution in [-0.2, 0) is 4.79 Å². The van der Waals surface area contributed by atoms with Crippen LogP contribution in [0.15, 0.2) is 59.7 Å². The van der Waals surface area contributed by atoms with Crippen molar-refractivity contribution >= 4 is 46.3 Å². The van der Waals surface area contributed by atoms with Crippen LogP contribution >= 0.6 is 23.2 Å². The molecule has 3 heterocycles. The van der Waals surface area contributed by atoms with Gasteiger partial charge >= 0.3 is 0 Å². The van der Waals surface area contributed by atoms with Gasteiger partial charge in [-0.3, -0.25) is 4.79 Å². The van der Waals surface area contributed by atoms with Crippen LogP contribution in [0.25, 0.3) is 0 Å². The normalized spacial score (nSPS) is 20.4. The minimum Gasteiger partial charge on any atom is -0.368 e. The predicted molar refractivity (Wildman–Crippen MR) is 128 cm³/mol. The predicted octanol–water partition coefficient (Wildman–Crippen LogP) is 4.99. The summed E-state index contributed by atoms with van der Waals surface area (Å²) in [6.45, 7) is 4.31. The molecule has 33 heavy (non-hydrogen) atoms. The third kappa shape index (κ3) is 4.00. The molecule has 0 saturated carbocycles. The number of aromatic nitrogens is 2. The van der Waals surface area contributed by atoms with Crippen LogP contribution in [0.2, 0.25) is 10.0 Å². The van der Waals surface area contributed by atoms with Gasteiger partial charge in [0, 0.05) is 43.6 Å². The molecular weight excluding hydrogens is 464 g/mol. The zero-order chi connectivity index (χ0) is 23.1. The van der Waals surface area contributed by atoms with E-state index in [1.165, 1.54) is 12.1 Å². The molecule has 2 aliphatic heterocycles. The Morgan fingerprint density at radius 2 is 1.76 bits per heavy atom. The highest BCUT2D eigenvalue weighted by Gasteiger charge is 2.41. The van der Waals surface area contributed by atoms with Crippen LogP contribution in [0.5, 0.6) is 0 Å². The van der Waals surface area contributed by atoms with Gasteiger partial charge in [-0.25, -0.2) is 14.1 Å². The molecular formula is C24H22Cl2FN5O. The Morgan fingerprint density at radius 3 is 2.48 bits per heavy atom. The second-order valence-electron chi connectivity index (χ2n) is 8.24. The number of hydrogen-bond acceptors (Lipinski definition) is 4. The van der Waals surface area contributed by atoms with Crippen LogP contribution in [0.3, 0.4) is 0 Å². The van der Waals surface area contributed by atoms with Gasteiger partial charge in [-0.1, -0.05) is 35.3 Å². The van der Waals surface area contributed by atoms with E-state index in [4.69, 9.17) is 23.2 Å². The zero-order valence-electron chi connectivity index (χ0n) is 18.0. The summed E-state index contributed by atoms with van der Waals surface area (Å²) in [7, 11) is 0. The zero-order valence-corrected chi connectivity index (χ0v) is 19.5. The van der Waals surface area contributed by atoms with E-state index < -0.39 is 12.0 Å². The lowest BCUT2D eigenvalue weighted by Gasteiger charge is -2.40. The summed E-state index contributed by atoms with van der Waals surface area (Å²) >= 11 is 12.9. The summed E-state index contributed by atoms with van der Waals surface area (Å²) in [6.07, 6.45) is 1.67. The molecule has 0 N–H and O–H groups in total. The van der Waals surface area contributed by atoms with E-state index in [0.717, 1.165) is 17.0 Å². The van der Waals surface area contributed by atoms with E-state index in [9.17, 15) is 9.18 Å². The lowest BCUT2D eigenvalue weighted by molar-refractivity contribution is -0.134. The molecule has 9 heteroatoms. The molecule has 170 valence electrons. The van der Waals surface area contributed by atoms with Crippen molar-refractivity contribution in [2.24, 2.45) is 10.9 Å². The fraction of sp³-hybridized carbons (Fsp3) is 0.292. The Morgan fingerprint density at radius 1 is 1.03 bits per heavy atom. The Balaban J connectivity index is 1.42. The molecule has 5 rings (SSSR count). The first-order valence-corrected chi connectivity index (χ1v) is 11.5. The van der Waals surface area contributed by atoms with Crippen LogP contribution in [0.4, 0.5) is 15.9 Å². The second-order valence-corrected chi connectivity index (χ2v) is 9.03. The number of benzene rings is 2. The molecule has 2 aliphatic rings. The van der Waals surface area contributed by atoms with E-state index in [0.29, 0.717) is 42.0 Å². The molecule has 1 unspecified atom stereocenters. The Labute approximate surface area is 201 Å². The van der Waals surface area contributed by atoms with E-state index in [-0.39, 0.29) is 11.7 Å². The standard InChI is InChI=1S/C24H22Cl2FN5O/c1-15-21(24(33)31-13-11-30(12-14-31)17-7-5-16(27)6-8-17)23(32-20(29-15)9-10-28-32)18-3-2-4-19(25)22(18)26/h2-10,21,23H,11-14H2,1H3/t21?,23-/m1/s1. The highest BCUT2D eigenvalue weighted by atomic mass is 35.5. The van der Waals surface area contributed by atoms with Gasteiger partial charge in [0.15, 0.2) is 5.82 Å². The quantitative estimate of drug-likeness (QED) is 0.524. The van der Waals surface area contributed by atoms with Crippen molar-refractivity contribution < 1.29 is 9.18 Å². The van der Waals surface area contributed by atoms with Gasteiger partial charge in [0.25, 0.3) is 0 Å². The molecule has 6 nitrogen and oxygen atoms in total. The van der Waals surface area contributed by atoms with Gasteiger partial charge in [-0.15, -0.1) is 0 Å². The Hall–Kier alpha value is -2.90. The van der Waals surface area contributed by atoms with Crippen molar-refractivity contribution in [1.29, 1.82) is 0 Å². The number of hydrogen-bond donors (Lipinski definition) is 0. The Bertz CT molecular complexity index is 1220.